The smallest absolute Gasteiger partial charge is 0.326 e. The minimum absolute atomic E-state index is 0.793. The molecule has 4 amide bonds. The predicted octanol–water partition coefficient (Wildman–Crippen LogP) is -5.04. The Morgan fingerprint density at radius 2 is 1.29 bits per heavy atom. The SMILES string of the molecule is CC(O)C(N)C(=O)NC(C(=O)NC(CC(=O)O)C(=O)NC(CC(N)=O)C(=O)O)C(C)O. The lowest BCUT2D eigenvalue weighted by Crippen LogP contribution is -2.61. The first-order valence-corrected chi connectivity index (χ1v) is 8.93. The van der Waals surface area contributed by atoms with Crippen molar-refractivity contribution < 1.29 is 49.2 Å². The Labute approximate surface area is 176 Å². The number of aliphatic hydroxyl groups is 2. The summed E-state index contributed by atoms with van der Waals surface area (Å²) in [5.41, 5.74) is 10.3. The maximum atomic E-state index is 12.5. The van der Waals surface area contributed by atoms with Gasteiger partial charge >= 0.3 is 11.9 Å². The Morgan fingerprint density at radius 1 is 0.774 bits per heavy atom. The Bertz CT molecular complexity index is 711. The van der Waals surface area contributed by atoms with E-state index in [4.69, 9.17) is 21.7 Å². The van der Waals surface area contributed by atoms with Crippen molar-refractivity contribution in [1.29, 1.82) is 0 Å². The van der Waals surface area contributed by atoms with E-state index in [0.29, 0.717) is 0 Å². The molecule has 15 heteroatoms. The third-order valence-corrected chi connectivity index (χ3v) is 3.92. The van der Waals surface area contributed by atoms with Crippen molar-refractivity contribution >= 4 is 35.6 Å². The standard InChI is InChI=1S/C16H27N5O10/c1-5(22)11(18)14(28)21-12(6(2)23)15(29)19-7(4-10(25)26)13(27)20-8(16(30)31)3-9(17)24/h5-8,11-12,22-23H,3-4,18H2,1-2H3,(H2,17,24)(H,19,29)(H,20,27)(H,21,28)(H,25,26)(H,30,31). The third kappa shape index (κ3) is 9.83. The van der Waals surface area contributed by atoms with Crippen LogP contribution in [0, 0.1) is 0 Å². The fourth-order valence-electron chi connectivity index (χ4n) is 2.19. The van der Waals surface area contributed by atoms with Crippen LogP contribution in [0.4, 0.5) is 0 Å². The summed E-state index contributed by atoms with van der Waals surface area (Å²) in [7, 11) is 0. The summed E-state index contributed by atoms with van der Waals surface area (Å²) in [5, 5.41) is 43.1. The minimum Gasteiger partial charge on any atom is -0.481 e. The Morgan fingerprint density at radius 3 is 1.68 bits per heavy atom. The zero-order valence-corrected chi connectivity index (χ0v) is 16.8. The van der Waals surface area contributed by atoms with Crippen molar-refractivity contribution in [2.75, 3.05) is 0 Å². The second kappa shape index (κ2) is 12.4. The van der Waals surface area contributed by atoms with Crippen LogP contribution in [0.5, 0.6) is 0 Å². The van der Waals surface area contributed by atoms with Gasteiger partial charge in [0.25, 0.3) is 0 Å². The number of amides is 4. The molecule has 0 saturated carbocycles. The third-order valence-electron chi connectivity index (χ3n) is 3.92. The van der Waals surface area contributed by atoms with Gasteiger partial charge in [-0.1, -0.05) is 0 Å². The fraction of sp³-hybridized carbons (Fsp3) is 0.625. The van der Waals surface area contributed by atoms with Gasteiger partial charge in [-0.2, -0.15) is 0 Å². The highest BCUT2D eigenvalue weighted by Crippen LogP contribution is 2.02. The lowest BCUT2D eigenvalue weighted by molar-refractivity contribution is -0.145. The van der Waals surface area contributed by atoms with E-state index < -0.39 is 84.8 Å². The quantitative estimate of drug-likeness (QED) is 0.128. The van der Waals surface area contributed by atoms with Crippen LogP contribution in [-0.2, 0) is 28.8 Å². The van der Waals surface area contributed by atoms with E-state index in [1.807, 2.05) is 10.6 Å². The number of nitrogens with one attached hydrogen (secondary N) is 3. The van der Waals surface area contributed by atoms with Crippen molar-refractivity contribution in [3.05, 3.63) is 0 Å². The molecule has 0 aliphatic carbocycles. The molecule has 11 N–H and O–H groups in total. The first kappa shape index (κ1) is 27.7. The second-order valence-corrected chi connectivity index (χ2v) is 6.72. The molecular formula is C16H27N5O10. The predicted molar refractivity (Wildman–Crippen MR) is 101 cm³/mol. The highest BCUT2D eigenvalue weighted by molar-refractivity contribution is 5.96. The molecule has 176 valence electrons. The van der Waals surface area contributed by atoms with Crippen molar-refractivity contribution in [3.63, 3.8) is 0 Å². The van der Waals surface area contributed by atoms with Crippen molar-refractivity contribution in [2.45, 2.75) is 63.1 Å². The van der Waals surface area contributed by atoms with Gasteiger partial charge in [0.05, 0.1) is 25.0 Å². The number of hydrogen-bond donors (Lipinski definition) is 9. The number of aliphatic carboxylic acids is 2. The monoisotopic (exact) mass is 449 g/mol. The summed E-state index contributed by atoms with van der Waals surface area (Å²) < 4.78 is 0. The van der Waals surface area contributed by atoms with Crippen LogP contribution in [0.1, 0.15) is 26.7 Å². The van der Waals surface area contributed by atoms with E-state index >= 15 is 0 Å². The number of hydrogen-bond acceptors (Lipinski definition) is 9. The molecule has 0 bridgehead atoms. The van der Waals surface area contributed by atoms with Gasteiger partial charge in [-0.3, -0.25) is 24.0 Å². The Hall–Kier alpha value is -3.30. The summed E-state index contributed by atoms with van der Waals surface area (Å²) in [5.74, 6) is -7.70. The van der Waals surface area contributed by atoms with Crippen LogP contribution in [0.15, 0.2) is 0 Å². The number of carbonyl (C=O) groups excluding carboxylic acids is 4. The van der Waals surface area contributed by atoms with Crippen LogP contribution in [0.3, 0.4) is 0 Å². The number of carbonyl (C=O) groups is 6. The molecule has 0 aliphatic rings. The Kier molecular flexibility index (Phi) is 11.1. The fourth-order valence-corrected chi connectivity index (χ4v) is 2.19. The molecule has 6 atom stereocenters. The van der Waals surface area contributed by atoms with Gasteiger partial charge in [0.1, 0.15) is 24.2 Å². The molecule has 0 aromatic heterocycles. The van der Waals surface area contributed by atoms with E-state index in [9.17, 15) is 39.0 Å². The first-order chi connectivity index (χ1) is 14.2. The number of primary amides is 1. The molecule has 31 heavy (non-hydrogen) atoms. The highest BCUT2D eigenvalue weighted by Gasteiger charge is 2.34. The average Bonchev–Trinajstić information content (AvgIpc) is 2.62. The second-order valence-electron chi connectivity index (χ2n) is 6.72. The molecule has 0 spiro atoms. The zero-order chi connectivity index (χ0) is 24.5. The average molecular weight is 449 g/mol. The molecule has 0 aliphatic heterocycles. The van der Waals surface area contributed by atoms with Crippen LogP contribution in [-0.4, -0.2) is 92.4 Å². The molecular weight excluding hydrogens is 422 g/mol. The summed E-state index contributed by atoms with van der Waals surface area (Å²) in [6, 6.07) is -6.75. The van der Waals surface area contributed by atoms with Crippen molar-refractivity contribution in [3.8, 4) is 0 Å². The number of carboxylic acids is 2. The van der Waals surface area contributed by atoms with Crippen LogP contribution in [0.25, 0.3) is 0 Å². The van der Waals surface area contributed by atoms with Crippen molar-refractivity contribution in [1.82, 2.24) is 16.0 Å². The lowest BCUT2D eigenvalue weighted by atomic mass is 10.1. The summed E-state index contributed by atoms with van der Waals surface area (Å²) >= 11 is 0. The molecule has 0 radical (unpaired) electrons. The molecule has 0 aromatic rings. The number of rotatable bonds is 13. The largest absolute Gasteiger partial charge is 0.481 e. The van der Waals surface area contributed by atoms with Gasteiger partial charge in [-0.15, -0.1) is 0 Å². The van der Waals surface area contributed by atoms with E-state index in [0.717, 1.165) is 6.92 Å². The van der Waals surface area contributed by atoms with E-state index in [2.05, 4.69) is 5.32 Å². The minimum atomic E-state index is -1.83. The normalized spacial score (nSPS) is 16.5. The summed E-state index contributed by atoms with van der Waals surface area (Å²) in [6.07, 6.45) is -4.60. The van der Waals surface area contributed by atoms with Gasteiger partial charge in [0.15, 0.2) is 0 Å². The molecule has 15 nitrogen and oxygen atoms in total. The van der Waals surface area contributed by atoms with Gasteiger partial charge in [0, 0.05) is 0 Å². The van der Waals surface area contributed by atoms with Crippen LogP contribution < -0.4 is 27.4 Å². The maximum absolute atomic E-state index is 12.5. The molecule has 0 heterocycles. The van der Waals surface area contributed by atoms with E-state index in [-0.39, 0.29) is 0 Å². The topological polar surface area (TPSA) is 271 Å². The van der Waals surface area contributed by atoms with Gasteiger partial charge in [-0.25, -0.2) is 4.79 Å². The molecule has 6 unspecified atom stereocenters. The van der Waals surface area contributed by atoms with Crippen LogP contribution >= 0.6 is 0 Å². The van der Waals surface area contributed by atoms with Crippen molar-refractivity contribution in [2.24, 2.45) is 11.5 Å². The summed E-state index contributed by atoms with van der Waals surface area (Å²) in [6.45, 7) is 2.32. The van der Waals surface area contributed by atoms with Gasteiger partial charge in [0.2, 0.25) is 23.6 Å². The first-order valence-electron chi connectivity index (χ1n) is 8.93. The Balaban J connectivity index is 5.49. The van der Waals surface area contributed by atoms with E-state index in [1.165, 1.54) is 6.92 Å². The number of carboxylic acid groups (broad SMARTS) is 2. The van der Waals surface area contributed by atoms with E-state index in [1.54, 1.807) is 0 Å². The summed E-state index contributed by atoms with van der Waals surface area (Å²) in [4.78, 5) is 69.9. The highest BCUT2D eigenvalue weighted by atomic mass is 16.4. The molecule has 0 rings (SSSR count). The zero-order valence-electron chi connectivity index (χ0n) is 16.8. The van der Waals surface area contributed by atoms with Gasteiger partial charge < -0.3 is 47.8 Å². The molecule has 0 aromatic carbocycles. The number of nitrogens with two attached hydrogens (primary N) is 2. The lowest BCUT2D eigenvalue weighted by Gasteiger charge is -2.26. The number of aliphatic hydroxyl groups excluding tert-OH is 2. The molecule has 0 fully saturated rings. The van der Waals surface area contributed by atoms with Crippen LogP contribution in [0.2, 0.25) is 0 Å². The maximum Gasteiger partial charge on any atom is 0.326 e. The van der Waals surface area contributed by atoms with Gasteiger partial charge in [-0.05, 0) is 13.8 Å². The molecule has 0 saturated heterocycles.